The van der Waals surface area contributed by atoms with Crippen LogP contribution in [-0.4, -0.2) is 38.4 Å². The van der Waals surface area contributed by atoms with Gasteiger partial charge in [-0.15, -0.1) is 0 Å². The molecular weight excluding hydrogens is 190 g/mol. The van der Waals surface area contributed by atoms with Gasteiger partial charge in [0.2, 0.25) is 0 Å². The first-order chi connectivity index (χ1) is 5.97. The average molecular weight is 209 g/mol. The zero-order chi connectivity index (χ0) is 10.5. The molecule has 80 valence electrons. The quantitative estimate of drug-likeness (QED) is 0.620. The van der Waals surface area contributed by atoms with Crippen LogP contribution in [0.5, 0.6) is 0 Å². The van der Waals surface area contributed by atoms with Gasteiger partial charge >= 0.3 is 0 Å². The summed E-state index contributed by atoms with van der Waals surface area (Å²) in [5, 5.41) is 0. The molecule has 6 heteroatoms. The van der Waals surface area contributed by atoms with E-state index >= 15 is 0 Å². The zero-order valence-electron chi connectivity index (χ0n) is 8.45. The molecule has 0 radical (unpaired) electrons. The van der Waals surface area contributed by atoms with E-state index in [1.807, 2.05) is 0 Å². The summed E-state index contributed by atoms with van der Waals surface area (Å²) in [6.45, 7) is 6.60. The Morgan fingerprint density at radius 1 is 1.38 bits per heavy atom. The van der Waals surface area contributed by atoms with Crippen molar-refractivity contribution in [3.8, 4) is 0 Å². The lowest BCUT2D eigenvalue weighted by atomic mass is 10.4. The van der Waals surface area contributed by atoms with Crippen LogP contribution in [0.15, 0.2) is 0 Å². The molecule has 0 aromatic carbocycles. The Morgan fingerprint density at radius 3 is 2.15 bits per heavy atom. The van der Waals surface area contributed by atoms with Crippen molar-refractivity contribution in [3.63, 3.8) is 0 Å². The Bertz CT molecular complexity index is 224. The molecule has 0 aliphatic carbocycles. The molecular formula is C7H19N3O2S. The fourth-order valence-electron chi connectivity index (χ4n) is 0.940. The summed E-state index contributed by atoms with van der Waals surface area (Å²) < 4.78 is 26.9. The third-order valence-electron chi connectivity index (χ3n) is 1.75. The maximum absolute atomic E-state index is 11.5. The molecule has 13 heavy (non-hydrogen) atoms. The molecule has 5 nitrogen and oxygen atoms in total. The van der Waals surface area contributed by atoms with Gasteiger partial charge in [-0.25, -0.2) is 0 Å². The Kier molecular flexibility index (Phi) is 5.46. The topological polar surface area (TPSA) is 75.4 Å². The normalized spacial score (nSPS) is 14.8. The largest absolute Gasteiger partial charge is 0.329 e. The van der Waals surface area contributed by atoms with Crippen LogP contribution in [0.3, 0.4) is 0 Å². The zero-order valence-corrected chi connectivity index (χ0v) is 9.26. The summed E-state index contributed by atoms with van der Waals surface area (Å²) in [5.74, 6) is 0. The van der Waals surface area contributed by atoms with E-state index in [0.717, 1.165) is 0 Å². The molecule has 0 aliphatic heterocycles. The van der Waals surface area contributed by atoms with Crippen molar-refractivity contribution in [2.45, 2.75) is 26.8 Å². The van der Waals surface area contributed by atoms with Crippen LogP contribution < -0.4 is 10.5 Å². The van der Waals surface area contributed by atoms with E-state index in [4.69, 9.17) is 5.73 Å². The minimum absolute atomic E-state index is 0.217. The van der Waals surface area contributed by atoms with Crippen LogP contribution in [0.2, 0.25) is 0 Å². The van der Waals surface area contributed by atoms with Crippen molar-refractivity contribution in [1.82, 2.24) is 9.03 Å². The Labute approximate surface area is 80.5 Å². The molecule has 0 aromatic rings. The maximum atomic E-state index is 11.5. The fraction of sp³-hybridized carbons (Fsp3) is 1.00. The first-order valence-electron chi connectivity index (χ1n) is 4.45. The lowest BCUT2D eigenvalue weighted by Gasteiger charge is -2.21. The van der Waals surface area contributed by atoms with Crippen LogP contribution >= 0.6 is 0 Å². The van der Waals surface area contributed by atoms with Crippen molar-refractivity contribution < 1.29 is 8.42 Å². The van der Waals surface area contributed by atoms with Gasteiger partial charge in [0.15, 0.2) is 0 Å². The van der Waals surface area contributed by atoms with Gasteiger partial charge < -0.3 is 5.73 Å². The SMILES string of the molecule is CCN(CC)S(=O)(=O)N[C@H](C)CN. The van der Waals surface area contributed by atoms with Crippen molar-refractivity contribution >= 4 is 10.2 Å². The highest BCUT2D eigenvalue weighted by Crippen LogP contribution is 1.97. The van der Waals surface area contributed by atoms with Crippen molar-refractivity contribution in [2.75, 3.05) is 19.6 Å². The van der Waals surface area contributed by atoms with Crippen LogP contribution in [0.4, 0.5) is 0 Å². The molecule has 0 fully saturated rings. The summed E-state index contributed by atoms with van der Waals surface area (Å²) in [6.07, 6.45) is 0. The predicted molar refractivity (Wildman–Crippen MR) is 53.5 cm³/mol. The van der Waals surface area contributed by atoms with E-state index in [1.54, 1.807) is 20.8 Å². The predicted octanol–water partition coefficient (Wildman–Crippen LogP) is -0.490. The minimum atomic E-state index is -3.33. The highest BCUT2D eigenvalue weighted by molar-refractivity contribution is 7.87. The monoisotopic (exact) mass is 209 g/mol. The molecule has 0 bridgehead atoms. The molecule has 0 heterocycles. The molecule has 3 N–H and O–H groups in total. The average Bonchev–Trinajstić information content (AvgIpc) is 2.05. The first-order valence-corrected chi connectivity index (χ1v) is 5.89. The minimum Gasteiger partial charge on any atom is -0.329 e. The number of hydrogen-bond donors (Lipinski definition) is 2. The number of nitrogens with two attached hydrogens (primary N) is 1. The number of nitrogens with zero attached hydrogens (tertiary/aromatic N) is 1. The van der Waals surface area contributed by atoms with Crippen molar-refractivity contribution in [2.24, 2.45) is 5.73 Å². The summed E-state index contributed by atoms with van der Waals surface area (Å²) in [5.41, 5.74) is 5.32. The van der Waals surface area contributed by atoms with Gasteiger partial charge in [-0.1, -0.05) is 13.8 Å². The van der Waals surface area contributed by atoms with Crippen molar-refractivity contribution in [1.29, 1.82) is 0 Å². The highest BCUT2D eigenvalue weighted by Gasteiger charge is 2.19. The van der Waals surface area contributed by atoms with E-state index in [-0.39, 0.29) is 6.04 Å². The van der Waals surface area contributed by atoms with E-state index in [1.165, 1.54) is 4.31 Å². The number of hydrogen-bond acceptors (Lipinski definition) is 3. The standard InChI is InChI=1S/C7H19N3O2S/c1-4-10(5-2)13(11,12)9-7(3)6-8/h7,9H,4-6,8H2,1-3H3/t7-/m1/s1. The summed E-state index contributed by atoms with van der Waals surface area (Å²) in [4.78, 5) is 0. The van der Waals surface area contributed by atoms with Gasteiger partial charge in [-0.3, -0.25) is 0 Å². The van der Waals surface area contributed by atoms with E-state index < -0.39 is 10.2 Å². The number of nitrogens with one attached hydrogen (secondary N) is 1. The third-order valence-corrected chi connectivity index (χ3v) is 3.65. The molecule has 0 aliphatic rings. The molecule has 0 amide bonds. The van der Waals surface area contributed by atoms with Crippen LogP contribution in [0.1, 0.15) is 20.8 Å². The fourth-order valence-corrected chi connectivity index (χ4v) is 2.37. The Morgan fingerprint density at radius 2 is 1.85 bits per heavy atom. The summed E-state index contributed by atoms with van der Waals surface area (Å²) in [6, 6.07) is -0.217. The first kappa shape index (κ1) is 12.8. The van der Waals surface area contributed by atoms with E-state index in [9.17, 15) is 8.42 Å². The summed E-state index contributed by atoms with van der Waals surface area (Å²) >= 11 is 0. The second-order valence-electron chi connectivity index (χ2n) is 2.84. The molecule has 0 rings (SSSR count). The third kappa shape index (κ3) is 4.04. The molecule has 0 unspecified atom stereocenters. The van der Waals surface area contributed by atoms with Gasteiger partial charge in [0.25, 0.3) is 10.2 Å². The van der Waals surface area contributed by atoms with Crippen LogP contribution in [-0.2, 0) is 10.2 Å². The molecule has 1 atom stereocenters. The van der Waals surface area contributed by atoms with Crippen LogP contribution in [0.25, 0.3) is 0 Å². The molecule has 0 aromatic heterocycles. The van der Waals surface area contributed by atoms with Gasteiger partial charge in [0, 0.05) is 25.7 Å². The molecule has 0 saturated carbocycles. The number of rotatable bonds is 6. The Balaban J connectivity index is 4.38. The Hall–Kier alpha value is -0.170. The van der Waals surface area contributed by atoms with Gasteiger partial charge in [0.05, 0.1) is 0 Å². The van der Waals surface area contributed by atoms with Crippen molar-refractivity contribution in [3.05, 3.63) is 0 Å². The molecule has 0 spiro atoms. The summed E-state index contributed by atoms with van der Waals surface area (Å²) in [7, 11) is -3.33. The lowest BCUT2D eigenvalue weighted by molar-refractivity contribution is 0.428. The van der Waals surface area contributed by atoms with E-state index in [2.05, 4.69) is 4.72 Å². The second-order valence-corrected chi connectivity index (χ2v) is 4.55. The van der Waals surface area contributed by atoms with Crippen LogP contribution in [0, 0.1) is 0 Å². The maximum Gasteiger partial charge on any atom is 0.279 e. The smallest absolute Gasteiger partial charge is 0.279 e. The van der Waals surface area contributed by atoms with Gasteiger partial charge in [-0.2, -0.15) is 17.4 Å². The van der Waals surface area contributed by atoms with E-state index in [0.29, 0.717) is 19.6 Å². The highest BCUT2D eigenvalue weighted by atomic mass is 32.2. The second kappa shape index (κ2) is 5.54. The molecule has 0 saturated heterocycles. The van der Waals surface area contributed by atoms with Gasteiger partial charge in [-0.05, 0) is 6.92 Å². The van der Waals surface area contributed by atoms with Gasteiger partial charge in [0.1, 0.15) is 0 Å². The lowest BCUT2D eigenvalue weighted by Crippen LogP contribution is -2.46.